The van der Waals surface area contributed by atoms with E-state index in [9.17, 15) is 9.59 Å². The number of amides is 2. The van der Waals surface area contributed by atoms with E-state index in [1.165, 1.54) is 7.11 Å². The number of rotatable bonds is 2. The molecule has 1 N–H and O–H groups in total. The minimum Gasteiger partial charge on any atom is -0.481 e. The normalized spacial score (nSPS) is 21.8. The molecule has 1 saturated heterocycles. The molecule has 1 atom stereocenters. The maximum absolute atomic E-state index is 12.9. The Morgan fingerprint density at radius 1 is 1.32 bits per heavy atom. The number of nitrogens with zero attached hydrogens (tertiary/aromatic N) is 2. The van der Waals surface area contributed by atoms with Crippen molar-refractivity contribution >= 4 is 17.5 Å². The molecule has 3 heterocycles. The summed E-state index contributed by atoms with van der Waals surface area (Å²) in [5.74, 6) is 0.289. The summed E-state index contributed by atoms with van der Waals surface area (Å²) in [6, 6.07) is 11.1. The SMILES string of the molecule is COc1cc(C(=O)N2CCC[C@@]3(C2)C(=O)Nc2ccccc23)ccn1. The fourth-order valence-electron chi connectivity index (χ4n) is 3.84. The predicted molar refractivity (Wildman–Crippen MR) is 92.7 cm³/mol. The number of para-hydroxylation sites is 1. The van der Waals surface area contributed by atoms with E-state index in [0.717, 1.165) is 24.1 Å². The number of benzene rings is 1. The van der Waals surface area contributed by atoms with Crippen molar-refractivity contribution in [3.05, 3.63) is 53.7 Å². The van der Waals surface area contributed by atoms with Crippen molar-refractivity contribution in [1.82, 2.24) is 9.88 Å². The lowest BCUT2D eigenvalue weighted by Gasteiger charge is -2.39. The lowest BCUT2D eigenvalue weighted by Crippen LogP contribution is -2.51. The number of anilines is 1. The molecular weight excluding hydrogens is 318 g/mol. The van der Waals surface area contributed by atoms with Crippen LogP contribution < -0.4 is 10.1 Å². The van der Waals surface area contributed by atoms with E-state index < -0.39 is 5.41 Å². The van der Waals surface area contributed by atoms with Gasteiger partial charge in [0, 0.05) is 36.6 Å². The molecule has 128 valence electrons. The van der Waals surface area contributed by atoms with Crippen LogP contribution >= 0.6 is 0 Å². The quantitative estimate of drug-likeness (QED) is 0.912. The Morgan fingerprint density at radius 2 is 2.16 bits per heavy atom. The number of fused-ring (bicyclic) bond motifs is 2. The number of nitrogens with one attached hydrogen (secondary N) is 1. The first-order valence-corrected chi connectivity index (χ1v) is 8.34. The van der Waals surface area contributed by atoms with Crippen LogP contribution in [0.3, 0.4) is 0 Å². The highest BCUT2D eigenvalue weighted by Crippen LogP contribution is 2.43. The van der Waals surface area contributed by atoms with Gasteiger partial charge in [0.15, 0.2) is 0 Å². The van der Waals surface area contributed by atoms with Gasteiger partial charge in [-0.2, -0.15) is 0 Å². The Morgan fingerprint density at radius 3 is 3.00 bits per heavy atom. The summed E-state index contributed by atoms with van der Waals surface area (Å²) >= 11 is 0. The number of piperidine rings is 1. The predicted octanol–water partition coefficient (Wildman–Crippen LogP) is 2.22. The van der Waals surface area contributed by atoms with E-state index in [4.69, 9.17) is 4.74 Å². The van der Waals surface area contributed by atoms with Crippen LogP contribution in [0.25, 0.3) is 0 Å². The van der Waals surface area contributed by atoms with E-state index in [2.05, 4.69) is 10.3 Å². The molecule has 0 aliphatic carbocycles. The van der Waals surface area contributed by atoms with Crippen LogP contribution in [0.4, 0.5) is 5.69 Å². The van der Waals surface area contributed by atoms with Crippen LogP contribution in [0.15, 0.2) is 42.6 Å². The third kappa shape index (κ3) is 2.45. The van der Waals surface area contributed by atoms with Crippen LogP contribution in [0.5, 0.6) is 5.88 Å². The third-order valence-corrected chi connectivity index (χ3v) is 5.10. The molecule has 4 rings (SSSR count). The smallest absolute Gasteiger partial charge is 0.254 e. The Labute approximate surface area is 145 Å². The van der Waals surface area contributed by atoms with Crippen molar-refractivity contribution in [2.75, 3.05) is 25.5 Å². The van der Waals surface area contributed by atoms with E-state index in [1.54, 1.807) is 23.2 Å². The average molecular weight is 337 g/mol. The molecule has 1 fully saturated rings. The summed E-state index contributed by atoms with van der Waals surface area (Å²) in [7, 11) is 1.52. The molecule has 0 unspecified atom stereocenters. The number of pyridine rings is 1. The van der Waals surface area contributed by atoms with Gasteiger partial charge in [0.1, 0.15) is 0 Å². The first-order chi connectivity index (χ1) is 12.1. The molecule has 25 heavy (non-hydrogen) atoms. The van der Waals surface area contributed by atoms with E-state index in [0.29, 0.717) is 24.5 Å². The molecule has 0 bridgehead atoms. The zero-order valence-electron chi connectivity index (χ0n) is 14.0. The average Bonchev–Trinajstić information content (AvgIpc) is 2.93. The van der Waals surface area contributed by atoms with Crippen LogP contribution in [-0.4, -0.2) is 41.9 Å². The minimum atomic E-state index is -0.651. The number of methoxy groups -OCH3 is 1. The van der Waals surface area contributed by atoms with Gasteiger partial charge in [-0.25, -0.2) is 4.98 Å². The molecule has 1 aromatic carbocycles. The highest BCUT2D eigenvalue weighted by molar-refractivity contribution is 6.07. The summed E-state index contributed by atoms with van der Waals surface area (Å²) in [6.07, 6.45) is 3.10. The molecule has 6 nitrogen and oxygen atoms in total. The van der Waals surface area contributed by atoms with Gasteiger partial charge >= 0.3 is 0 Å². The Bertz CT molecular complexity index is 851. The van der Waals surface area contributed by atoms with Crippen LogP contribution in [0, 0.1) is 0 Å². The molecule has 2 aliphatic rings. The van der Waals surface area contributed by atoms with Gasteiger partial charge in [-0.1, -0.05) is 18.2 Å². The van der Waals surface area contributed by atoms with Crippen LogP contribution in [0.2, 0.25) is 0 Å². The molecule has 2 aromatic rings. The lowest BCUT2D eigenvalue weighted by molar-refractivity contribution is -0.122. The third-order valence-electron chi connectivity index (χ3n) is 5.10. The van der Waals surface area contributed by atoms with Crippen molar-refractivity contribution in [1.29, 1.82) is 0 Å². The second-order valence-electron chi connectivity index (χ2n) is 6.50. The summed E-state index contributed by atoms with van der Waals surface area (Å²) in [5, 5.41) is 2.97. The van der Waals surface area contributed by atoms with Gasteiger partial charge in [0.2, 0.25) is 11.8 Å². The second kappa shape index (κ2) is 5.88. The first-order valence-electron chi connectivity index (χ1n) is 8.34. The van der Waals surface area contributed by atoms with Gasteiger partial charge in [-0.3, -0.25) is 9.59 Å². The fraction of sp³-hybridized carbons (Fsp3) is 0.316. The van der Waals surface area contributed by atoms with Crippen LogP contribution in [-0.2, 0) is 10.2 Å². The largest absolute Gasteiger partial charge is 0.481 e. The second-order valence-corrected chi connectivity index (χ2v) is 6.50. The van der Waals surface area contributed by atoms with Gasteiger partial charge < -0.3 is 15.0 Å². The summed E-state index contributed by atoms with van der Waals surface area (Å²) in [5.41, 5.74) is 1.72. The molecular formula is C19H19N3O3. The summed E-state index contributed by atoms with van der Waals surface area (Å²) in [6.45, 7) is 1.03. The van der Waals surface area contributed by atoms with Crippen molar-refractivity contribution in [3.8, 4) is 5.88 Å². The number of carbonyl (C=O) groups excluding carboxylic acids is 2. The van der Waals surface area contributed by atoms with Gasteiger partial charge in [-0.15, -0.1) is 0 Å². The zero-order chi connectivity index (χ0) is 17.4. The van der Waals surface area contributed by atoms with Gasteiger partial charge in [-0.05, 0) is 30.5 Å². The number of likely N-dealkylation sites (tertiary alicyclic amines) is 1. The Hall–Kier alpha value is -2.89. The molecule has 1 aromatic heterocycles. The highest BCUT2D eigenvalue weighted by Gasteiger charge is 2.49. The number of aromatic nitrogens is 1. The maximum atomic E-state index is 12.9. The number of hydrogen-bond donors (Lipinski definition) is 1. The Kier molecular flexibility index (Phi) is 3.67. The van der Waals surface area contributed by atoms with Crippen molar-refractivity contribution in [2.45, 2.75) is 18.3 Å². The molecule has 0 saturated carbocycles. The van der Waals surface area contributed by atoms with E-state index in [-0.39, 0.29) is 11.8 Å². The van der Waals surface area contributed by atoms with Gasteiger partial charge in [0.05, 0.1) is 12.5 Å². The van der Waals surface area contributed by atoms with Crippen LogP contribution in [0.1, 0.15) is 28.8 Å². The molecule has 2 amide bonds. The zero-order valence-corrected chi connectivity index (χ0v) is 14.0. The maximum Gasteiger partial charge on any atom is 0.254 e. The van der Waals surface area contributed by atoms with E-state index in [1.807, 2.05) is 24.3 Å². The fourth-order valence-corrected chi connectivity index (χ4v) is 3.84. The minimum absolute atomic E-state index is 0.0153. The van der Waals surface area contributed by atoms with E-state index >= 15 is 0 Å². The first kappa shape index (κ1) is 15.6. The van der Waals surface area contributed by atoms with Crippen molar-refractivity contribution < 1.29 is 14.3 Å². The molecule has 0 radical (unpaired) electrons. The number of hydrogen-bond acceptors (Lipinski definition) is 4. The monoisotopic (exact) mass is 337 g/mol. The number of ether oxygens (including phenoxy) is 1. The lowest BCUT2D eigenvalue weighted by atomic mass is 9.75. The topological polar surface area (TPSA) is 71.5 Å². The molecule has 2 aliphatic heterocycles. The number of carbonyl (C=O) groups is 2. The molecule has 1 spiro atoms. The highest BCUT2D eigenvalue weighted by atomic mass is 16.5. The Balaban J connectivity index is 1.65. The van der Waals surface area contributed by atoms with Gasteiger partial charge in [0.25, 0.3) is 5.91 Å². The standard InChI is InChI=1S/C19H19N3O3/c1-25-16-11-13(7-9-20-16)17(23)22-10-4-8-19(12-22)14-5-2-3-6-15(14)21-18(19)24/h2-3,5-7,9,11H,4,8,10,12H2,1H3,(H,21,24)/t19-/m0/s1. The van der Waals surface area contributed by atoms with Crippen molar-refractivity contribution in [2.24, 2.45) is 0 Å². The summed E-state index contributed by atoms with van der Waals surface area (Å²) < 4.78 is 5.10. The van der Waals surface area contributed by atoms with Crippen molar-refractivity contribution in [3.63, 3.8) is 0 Å². The molecule has 6 heteroatoms. The summed E-state index contributed by atoms with van der Waals surface area (Å²) in [4.78, 5) is 31.5.